The smallest absolute Gasteiger partial charge is 0.246 e. The Labute approximate surface area is 108 Å². The van der Waals surface area contributed by atoms with E-state index >= 15 is 0 Å². The third-order valence-electron chi connectivity index (χ3n) is 3.22. The van der Waals surface area contributed by atoms with Gasteiger partial charge in [-0.1, -0.05) is 20.8 Å². The van der Waals surface area contributed by atoms with Gasteiger partial charge >= 0.3 is 0 Å². The molecule has 3 unspecified atom stereocenters. The summed E-state index contributed by atoms with van der Waals surface area (Å²) >= 11 is 1.71. The first kappa shape index (κ1) is 14.4. The Morgan fingerprint density at radius 2 is 1.94 bits per heavy atom. The maximum Gasteiger partial charge on any atom is 0.246 e. The number of thioether (sulfide) groups is 1. The van der Waals surface area contributed by atoms with Gasteiger partial charge in [-0.25, -0.2) is 0 Å². The number of carbonyl (C=O) groups excluding carboxylic acids is 2. The van der Waals surface area contributed by atoms with Crippen LogP contribution in [0, 0.1) is 5.92 Å². The van der Waals surface area contributed by atoms with Crippen LogP contribution in [0.5, 0.6) is 0 Å². The lowest BCUT2D eigenvalue weighted by Crippen LogP contribution is -2.64. The molecule has 0 aromatic carbocycles. The molecule has 1 aliphatic rings. The minimum absolute atomic E-state index is 0.0448. The highest BCUT2D eigenvalue weighted by atomic mass is 32.2. The molecule has 5 heteroatoms. The summed E-state index contributed by atoms with van der Waals surface area (Å²) in [4.78, 5) is 25.8. The molecule has 4 nitrogen and oxygen atoms in total. The summed E-state index contributed by atoms with van der Waals surface area (Å²) in [5, 5.41) is 3.15. The summed E-state index contributed by atoms with van der Waals surface area (Å²) in [7, 11) is 0. The summed E-state index contributed by atoms with van der Waals surface area (Å²) in [6.45, 7) is 8.40. The van der Waals surface area contributed by atoms with Crippen molar-refractivity contribution in [1.29, 1.82) is 0 Å². The average Bonchev–Trinajstić information content (AvgIpc) is 2.28. The molecule has 0 saturated carbocycles. The molecule has 0 spiro atoms. The molecule has 3 atom stereocenters. The van der Waals surface area contributed by atoms with E-state index in [1.807, 2.05) is 20.1 Å². The summed E-state index contributed by atoms with van der Waals surface area (Å²) < 4.78 is 0. The van der Waals surface area contributed by atoms with Crippen molar-refractivity contribution in [3.63, 3.8) is 0 Å². The van der Waals surface area contributed by atoms with Crippen LogP contribution in [0.4, 0.5) is 0 Å². The van der Waals surface area contributed by atoms with Gasteiger partial charge in [-0.05, 0) is 19.1 Å². The molecular weight excluding hydrogens is 236 g/mol. The topological polar surface area (TPSA) is 49.4 Å². The van der Waals surface area contributed by atoms with Crippen molar-refractivity contribution in [3.05, 3.63) is 0 Å². The van der Waals surface area contributed by atoms with Crippen molar-refractivity contribution < 1.29 is 9.59 Å². The fraction of sp³-hybridized carbons (Fsp3) is 0.833. The molecule has 1 heterocycles. The van der Waals surface area contributed by atoms with Gasteiger partial charge in [0.25, 0.3) is 0 Å². The molecule has 0 bridgehead atoms. The number of hydrogen-bond acceptors (Lipinski definition) is 3. The zero-order chi connectivity index (χ0) is 13.2. The molecular formula is C12H22N2O2S. The van der Waals surface area contributed by atoms with Gasteiger partial charge in [-0.15, -0.1) is 0 Å². The Morgan fingerprint density at radius 3 is 2.41 bits per heavy atom. The molecule has 1 aliphatic heterocycles. The van der Waals surface area contributed by atoms with Gasteiger partial charge in [0.15, 0.2) is 0 Å². The van der Waals surface area contributed by atoms with Crippen molar-refractivity contribution in [2.45, 2.75) is 45.0 Å². The monoisotopic (exact) mass is 258 g/mol. The van der Waals surface area contributed by atoms with Crippen LogP contribution in [0.25, 0.3) is 0 Å². The van der Waals surface area contributed by atoms with E-state index in [4.69, 9.17) is 0 Å². The van der Waals surface area contributed by atoms with Crippen LogP contribution >= 0.6 is 11.8 Å². The van der Waals surface area contributed by atoms with E-state index in [2.05, 4.69) is 12.2 Å². The molecule has 98 valence electrons. The normalized spacial score (nSPS) is 27.3. The fourth-order valence-corrected chi connectivity index (χ4v) is 2.21. The number of carbonyl (C=O) groups is 2. The summed E-state index contributed by atoms with van der Waals surface area (Å²) in [5.74, 6) is 0.135. The highest BCUT2D eigenvalue weighted by molar-refractivity contribution is 7.99. The zero-order valence-corrected chi connectivity index (χ0v) is 12.0. The van der Waals surface area contributed by atoms with E-state index < -0.39 is 0 Å². The molecule has 17 heavy (non-hydrogen) atoms. The van der Waals surface area contributed by atoms with Crippen LogP contribution in [0.2, 0.25) is 0 Å². The first-order valence-corrected chi connectivity index (χ1v) is 7.31. The molecule has 0 radical (unpaired) electrons. The Balaban J connectivity index is 2.84. The molecule has 1 saturated heterocycles. The quantitative estimate of drug-likeness (QED) is 0.822. The molecule has 0 aromatic heterocycles. The number of rotatable bonds is 4. The third-order valence-corrected chi connectivity index (χ3v) is 4.17. The number of amides is 2. The molecule has 1 rings (SSSR count). The highest BCUT2D eigenvalue weighted by Crippen LogP contribution is 2.18. The lowest BCUT2D eigenvalue weighted by Gasteiger charge is -2.39. The summed E-state index contributed by atoms with van der Waals surface area (Å²) in [6.07, 6.45) is 2.02. The molecule has 0 aliphatic carbocycles. The maximum absolute atomic E-state index is 12.3. The Hall–Kier alpha value is -0.710. The number of nitrogens with one attached hydrogen (secondary N) is 1. The van der Waals surface area contributed by atoms with Gasteiger partial charge in [-0.3, -0.25) is 9.59 Å². The van der Waals surface area contributed by atoms with Gasteiger partial charge in [0.2, 0.25) is 11.8 Å². The largest absolute Gasteiger partial charge is 0.342 e. The number of piperazine rings is 1. The summed E-state index contributed by atoms with van der Waals surface area (Å²) in [5.41, 5.74) is 0. The second kappa shape index (κ2) is 5.76. The number of hydrogen-bond donors (Lipinski definition) is 1. The van der Waals surface area contributed by atoms with Crippen LogP contribution in [0.15, 0.2) is 0 Å². The molecule has 0 aromatic rings. The second-order valence-corrected chi connectivity index (χ2v) is 6.22. The van der Waals surface area contributed by atoms with Crippen molar-refractivity contribution in [3.8, 4) is 0 Å². The second-order valence-electron chi connectivity index (χ2n) is 4.94. The lowest BCUT2D eigenvalue weighted by atomic mass is 9.98. The van der Waals surface area contributed by atoms with E-state index in [1.165, 1.54) is 0 Å². The first-order chi connectivity index (χ1) is 7.88. The van der Waals surface area contributed by atoms with Crippen LogP contribution in [0.3, 0.4) is 0 Å². The van der Waals surface area contributed by atoms with Crippen molar-refractivity contribution in [2.75, 3.05) is 12.8 Å². The van der Waals surface area contributed by atoms with E-state index in [0.717, 1.165) is 0 Å². The molecule has 1 fully saturated rings. The van der Waals surface area contributed by atoms with E-state index in [1.54, 1.807) is 23.6 Å². The van der Waals surface area contributed by atoms with Crippen molar-refractivity contribution in [2.24, 2.45) is 5.92 Å². The van der Waals surface area contributed by atoms with E-state index in [9.17, 15) is 9.59 Å². The standard InChI is InChI=1S/C12H22N2O2S/c1-7(2)10-12(16)14(6-8(3)17-5)9(4)11(15)13-10/h7-10H,6H2,1-5H3,(H,13,15). The average molecular weight is 258 g/mol. The minimum atomic E-state index is -0.368. The molecule has 2 amide bonds. The van der Waals surface area contributed by atoms with Gasteiger partial charge < -0.3 is 10.2 Å². The van der Waals surface area contributed by atoms with E-state index in [-0.39, 0.29) is 29.8 Å². The van der Waals surface area contributed by atoms with Gasteiger partial charge in [0.05, 0.1) is 0 Å². The van der Waals surface area contributed by atoms with Crippen molar-refractivity contribution >= 4 is 23.6 Å². The Kier molecular flexibility index (Phi) is 4.86. The van der Waals surface area contributed by atoms with Crippen LogP contribution < -0.4 is 5.32 Å². The summed E-state index contributed by atoms with van der Waals surface area (Å²) in [6, 6.07) is -0.722. The SMILES string of the molecule is CSC(C)CN1C(=O)C(C(C)C)NC(=O)C1C. The Bertz CT molecular complexity index is 307. The van der Waals surface area contributed by atoms with Gasteiger partial charge in [0.1, 0.15) is 12.1 Å². The first-order valence-electron chi connectivity index (χ1n) is 6.02. The van der Waals surface area contributed by atoms with Crippen LogP contribution in [-0.4, -0.2) is 46.8 Å². The highest BCUT2D eigenvalue weighted by Gasteiger charge is 2.39. The molecule has 1 N–H and O–H groups in total. The lowest BCUT2D eigenvalue weighted by molar-refractivity contribution is -0.149. The fourth-order valence-electron chi connectivity index (χ4n) is 1.90. The third kappa shape index (κ3) is 3.15. The van der Waals surface area contributed by atoms with Crippen LogP contribution in [0.1, 0.15) is 27.7 Å². The Morgan fingerprint density at radius 1 is 1.35 bits per heavy atom. The van der Waals surface area contributed by atoms with Gasteiger partial charge in [0, 0.05) is 11.8 Å². The van der Waals surface area contributed by atoms with Crippen LogP contribution in [-0.2, 0) is 9.59 Å². The predicted octanol–water partition coefficient (Wildman–Crippen LogP) is 1.11. The minimum Gasteiger partial charge on any atom is -0.342 e. The predicted molar refractivity (Wildman–Crippen MR) is 70.9 cm³/mol. The van der Waals surface area contributed by atoms with E-state index in [0.29, 0.717) is 11.8 Å². The van der Waals surface area contributed by atoms with Gasteiger partial charge in [-0.2, -0.15) is 11.8 Å². The maximum atomic E-state index is 12.3. The zero-order valence-electron chi connectivity index (χ0n) is 11.2. The van der Waals surface area contributed by atoms with Crippen molar-refractivity contribution in [1.82, 2.24) is 10.2 Å². The number of nitrogens with zero attached hydrogens (tertiary/aromatic N) is 1.